The van der Waals surface area contributed by atoms with Crippen molar-refractivity contribution >= 4 is 10.9 Å². The number of hydrogen-bond acceptors (Lipinski definition) is 3. The molecule has 0 unspecified atom stereocenters. The Morgan fingerprint density at radius 1 is 1.27 bits per heavy atom. The van der Waals surface area contributed by atoms with Crippen molar-refractivity contribution in [3.63, 3.8) is 0 Å². The molecule has 134 valence electrons. The van der Waals surface area contributed by atoms with Gasteiger partial charge >= 0.3 is 0 Å². The molecular weight excluding hydrogens is 322 g/mol. The summed E-state index contributed by atoms with van der Waals surface area (Å²) < 4.78 is 1.87. The molecule has 2 N–H and O–H groups in total. The minimum Gasteiger partial charge on any atom is -0.324 e. The van der Waals surface area contributed by atoms with Gasteiger partial charge in [0.2, 0.25) is 0 Å². The predicted molar refractivity (Wildman–Crippen MR) is 105 cm³/mol. The number of nitrogens with two attached hydrogens (primary N) is 1. The topological polar surface area (TPSA) is 60.9 Å². The number of aryl methyl sites for hydroxylation is 1. The molecular formula is C22H25N3O. The molecule has 4 rings (SSSR count). The number of benzene rings is 2. The van der Waals surface area contributed by atoms with E-state index < -0.39 is 0 Å². The Hall–Kier alpha value is -2.46. The summed E-state index contributed by atoms with van der Waals surface area (Å²) in [6.07, 6.45) is 1.80. The lowest BCUT2D eigenvalue weighted by atomic mass is 9.81. The summed E-state index contributed by atoms with van der Waals surface area (Å²) in [5.74, 6) is 0.893. The first-order chi connectivity index (χ1) is 12.4. The highest BCUT2D eigenvalue weighted by Gasteiger charge is 2.37. The maximum Gasteiger partial charge on any atom is 0.261 e. The number of aromatic nitrogens is 2. The highest BCUT2D eigenvalue weighted by atomic mass is 16.1. The van der Waals surface area contributed by atoms with E-state index in [1.807, 2.05) is 30.5 Å². The van der Waals surface area contributed by atoms with Crippen LogP contribution in [0.1, 0.15) is 48.8 Å². The van der Waals surface area contributed by atoms with Crippen LogP contribution in [0.5, 0.6) is 0 Å². The second kappa shape index (κ2) is 6.06. The van der Waals surface area contributed by atoms with Gasteiger partial charge < -0.3 is 5.73 Å². The average Bonchev–Trinajstić information content (AvgIpc) is 2.93. The van der Waals surface area contributed by atoms with Crippen molar-refractivity contribution in [1.29, 1.82) is 0 Å². The molecule has 0 amide bonds. The zero-order valence-electron chi connectivity index (χ0n) is 15.6. The Balaban J connectivity index is 1.93. The van der Waals surface area contributed by atoms with Gasteiger partial charge in [-0.25, -0.2) is 4.98 Å². The molecule has 0 aliphatic carbocycles. The fourth-order valence-electron chi connectivity index (χ4n) is 4.20. The van der Waals surface area contributed by atoms with E-state index in [-0.39, 0.29) is 17.0 Å². The van der Waals surface area contributed by atoms with E-state index in [0.717, 1.165) is 41.9 Å². The lowest BCUT2D eigenvalue weighted by Gasteiger charge is -2.24. The van der Waals surface area contributed by atoms with Crippen molar-refractivity contribution in [3.05, 3.63) is 75.3 Å². The lowest BCUT2D eigenvalue weighted by Crippen LogP contribution is -2.28. The first-order valence-corrected chi connectivity index (χ1v) is 9.24. The van der Waals surface area contributed by atoms with Gasteiger partial charge in [0.25, 0.3) is 5.56 Å². The number of fused-ring (bicyclic) bond motifs is 2. The fraction of sp³-hybridized carbons (Fsp3) is 0.364. The Morgan fingerprint density at radius 3 is 2.69 bits per heavy atom. The van der Waals surface area contributed by atoms with E-state index in [2.05, 4.69) is 37.3 Å². The van der Waals surface area contributed by atoms with Crippen molar-refractivity contribution < 1.29 is 0 Å². The van der Waals surface area contributed by atoms with Crippen molar-refractivity contribution in [2.24, 2.45) is 5.73 Å². The van der Waals surface area contributed by atoms with Crippen molar-refractivity contribution in [3.8, 4) is 0 Å². The van der Waals surface area contributed by atoms with E-state index in [9.17, 15) is 4.79 Å². The molecule has 1 aromatic heterocycles. The molecule has 2 aromatic carbocycles. The van der Waals surface area contributed by atoms with Gasteiger partial charge in [-0.1, -0.05) is 43.3 Å². The summed E-state index contributed by atoms with van der Waals surface area (Å²) in [5, 5.41) is 0.685. The van der Waals surface area contributed by atoms with E-state index in [0.29, 0.717) is 5.39 Å². The van der Waals surface area contributed by atoms with Crippen LogP contribution in [0.25, 0.3) is 10.9 Å². The summed E-state index contributed by atoms with van der Waals surface area (Å²) in [6.45, 7) is 6.89. The van der Waals surface area contributed by atoms with Gasteiger partial charge in [-0.3, -0.25) is 9.36 Å². The molecule has 0 saturated heterocycles. The Bertz CT molecular complexity index is 1040. The first kappa shape index (κ1) is 17.0. The van der Waals surface area contributed by atoms with Crippen LogP contribution in [0.2, 0.25) is 0 Å². The minimum atomic E-state index is -0.158. The molecule has 1 aliphatic rings. The second-order valence-electron chi connectivity index (χ2n) is 7.90. The van der Waals surface area contributed by atoms with E-state index in [1.54, 1.807) is 0 Å². The van der Waals surface area contributed by atoms with Gasteiger partial charge in [0.1, 0.15) is 5.82 Å². The zero-order valence-corrected chi connectivity index (χ0v) is 15.6. The van der Waals surface area contributed by atoms with E-state index >= 15 is 0 Å². The molecule has 0 bridgehead atoms. The molecule has 0 fully saturated rings. The Kier molecular flexibility index (Phi) is 3.96. The van der Waals surface area contributed by atoms with Crippen molar-refractivity contribution in [2.45, 2.75) is 51.6 Å². The quantitative estimate of drug-likeness (QED) is 0.787. The average molecular weight is 347 g/mol. The summed E-state index contributed by atoms with van der Waals surface area (Å²) >= 11 is 0. The van der Waals surface area contributed by atoms with Crippen molar-refractivity contribution in [2.75, 3.05) is 0 Å². The molecule has 2 heterocycles. The normalized spacial score (nSPS) is 20.3. The largest absolute Gasteiger partial charge is 0.324 e. The van der Waals surface area contributed by atoms with Gasteiger partial charge in [-0.05, 0) is 49.4 Å². The molecule has 0 saturated carbocycles. The predicted octanol–water partition coefficient (Wildman–Crippen LogP) is 3.63. The monoisotopic (exact) mass is 347 g/mol. The van der Waals surface area contributed by atoms with Crippen LogP contribution in [0.15, 0.2) is 47.3 Å². The third-order valence-electron chi connectivity index (χ3n) is 5.59. The van der Waals surface area contributed by atoms with Crippen LogP contribution in [0, 0.1) is 6.92 Å². The number of nitrogens with zero attached hydrogens (tertiary/aromatic N) is 2. The highest BCUT2D eigenvalue weighted by Crippen LogP contribution is 2.37. The third kappa shape index (κ3) is 2.65. The second-order valence-corrected chi connectivity index (χ2v) is 7.90. The van der Waals surface area contributed by atoms with Gasteiger partial charge in [0.05, 0.1) is 10.9 Å². The molecule has 2 atom stereocenters. The first-order valence-electron chi connectivity index (χ1n) is 9.24. The SMILES string of the molecule is Cc1cc([C@@H](C)N)c2nc3n(c(=O)c2c1)CC[C@@]3(C)Cc1ccccc1. The standard InChI is InChI=1S/C22H25N3O/c1-14-11-17(15(2)23)19-18(12-14)20(26)25-10-9-22(3,21(25)24-19)13-16-7-5-4-6-8-16/h4-8,11-12,15H,9-10,13,23H2,1-3H3/t15-,22+/m1/s1. The number of rotatable bonds is 3. The molecule has 0 spiro atoms. The lowest BCUT2D eigenvalue weighted by molar-refractivity contribution is 0.456. The Labute approximate surface area is 153 Å². The van der Waals surface area contributed by atoms with Gasteiger partial charge in [0, 0.05) is 18.0 Å². The maximum atomic E-state index is 13.2. The third-order valence-corrected chi connectivity index (χ3v) is 5.59. The molecule has 1 aliphatic heterocycles. The van der Waals surface area contributed by atoms with Crippen LogP contribution in [-0.4, -0.2) is 9.55 Å². The highest BCUT2D eigenvalue weighted by molar-refractivity contribution is 5.82. The van der Waals surface area contributed by atoms with Gasteiger partial charge in [-0.15, -0.1) is 0 Å². The minimum absolute atomic E-state index is 0.0624. The van der Waals surface area contributed by atoms with Crippen LogP contribution >= 0.6 is 0 Å². The summed E-state index contributed by atoms with van der Waals surface area (Å²) in [5.41, 5.74) is 10.1. The van der Waals surface area contributed by atoms with Crippen LogP contribution in [0.3, 0.4) is 0 Å². The smallest absolute Gasteiger partial charge is 0.261 e. The van der Waals surface area contributed by atoms with E-state index in [1.165, 1.54) is 5.56 Å². The van der Waals surface area contributed by atoms with Crippen LogP contribution in [-0.2, 0) is 18.4 Å². The maximum absolute atomic E-state index is 13.2. The van der Waals surface area contributed by atoms with Crippen LogP contribution in [0.4, 0.5) is 0 Å². The molecule has 3 aromatic rings. The van der Waals surface area contributed by atoms with Crippen LogP contribution < -0.4 is 11.3 Å². The number of hydrogen-bond donors (Lipinski definition) is 1. The summed E-state index contributed by atoms with van der Waals surface area (Å²) in [7, 11) is 0. The molecule has 26 heavy (non-hydrogen) atoms. The molecule has 4 nitrogen and oxygen atoms in total. The van der Waals surface area contributed by atoms with Gasteiger partial charge in [-0.2, -0.15) is 0 Å². The van der Waals surface area contributed by atoms with Gasteiger partial charge in [0.15, 0.2) is 0 Å². The zero-order chi connectivity index (χ0) is 18.5. The summed E-state index contributed by atoms with van der Waals surface area (Å²) in [4.78, 5) is 18.2. The molecule has 0 radical (unpaired) electrons. The summed E-state index contributed by atoms with van der Waals surface area (Å²) in [6, 6.07) is 14.3. The Morgan fingerprint density at radius 2 is 2.00 bits per heavy atom. The molecule has 4 heteroatoms. The van der Waals surface area contributed by atoms with Crippen molar-refractivity contribution in [1.82, 2.24) is 9.55 Å². The fourth-order valence-corrected chi connectivity index (χ4v) is 4.20. The van der Waals surface area contributed by atoms with E-state index in [4.69, 9.17) is 10.7 Å².